The summed E-state index contributed by atoms with van der Waals surface area (Å²) in [5, 5.41) is 1.32. The molecule has 3 aromatic rings. The molecular formula is C28H28F2O. The van der Waals surface area contributed by atoms with Gasteiger partial charge in [0.1, 0.15) is 0 Å². The van der Waals surface area contributed by atoms with E-state index in [0.29, 0.717) is 10.8 Å². The van der Waals surface area contributed by atoms with Gasteiger partial charge in [-0.15, -0.1) is 0 Å². The van der Waals surface area contributed by atoms with Crippen molar-refractivity contribution in [2.24, 2.45) is 11.8 Å². The van der Waals surface area contributed by atoms with Crippen LogP contribution in [0.2, 0.25) is 0 Å². The van der Waals surface area contributed by atoms with Crippen molar-refractivity contribution in [1.82, 2.24) is 0 Å². The molecule has 1 nitrogen and oxygen atoms in total. The van der Waals surface area contributed by atoms with Crippen LogP contribution in [0, 0.1) is 35.3 Å². The molecule has 0 amide bonds. The van der Waals surface area contributed by atoms with E-state index in [1.54, 1.807) is 19.2 Å². The number of aryl methyl sites for hydroxylation is 1. The zero-order valence-electron chi connectivity index (χ0n) is 18.0. The number of halogens is 2. The van der Waals surface area contributed by atoms with E-state index in [-0.39, 0.29) is 0 Å². The number of hydrogen-bond acceptors (Lipinski definition) is 1. The number of rotatable bonds is 5. The van der Waals surface area contributed by atoms with E-state index in [1.807, 2.05) is 6.07 Å². The zero-order chi connectivity index (χ0) is 21.6. The molecule has 1 aliphatic carbocycles. The highest BCUT2D eigenvalue weighted by Crippen LogP contribution is 2.31. The predicted molar refractivity (Wildman–Crippen MR) is 122 cm³/mol. The molecule has 0 radical (unpaired) electrons. The maximum absolute atomic E-state index is 13.5. The van der Waals surface area contributed by atoms with E-state index in [9.17, 15) is 8.78 Å². The molecule has 0 N–H and O–H groups in total. The highest BCUT2D eigenvalue weighted by molar-refractivity contribution is 5.84. The Bertz CT molecular complexity index is 1080. The molecule has 1 fully saturated rings. The van der Waals surface area contributed by atoms with Crippen LogP contribution in [-0.4, -0.2) is 13.7 Å². The predicted octanol–water partition coefficient (Wildman–Crippen LogP) is 6.90. The van der Waals surface area contributed by atoms with Gasteiger partial charge in [0, 0.05) is 24.8 Å². The van der Waals surface area contributed by atoms with E-state index >= 15 is 0 Å². The minimum absolute atomic E-state index is 0.650. The Morgan fingerprint density at radius 2 is 1.39 bits per heavy atom. The van der Waals surface area contributed by atoms with Gasteiger partial charge in [-0.05, 0) is 90.3 Å². The van der Waals surface area contributed by atoms with Gasteiger partial charge in [0.05, 0.1) is 0 Å². The lowest BCUT2D eigenvalue weighted by atomic mass is 9.80. The van der Waals surface area contributed by atoms with E-state index in [2.05, 4.69) is 36.1 Å². The Hall–Kier alpha value is -2.70. The summed E-state index contributed by atoms with van der Waals surface area (Å²) in [5.74, 6) is 6.22. The molecule has 0 heterocycles. The fourth-order valence-electron chi connectivity index (χ4n) is 4.51. The second-order valence-corrected chi connectivity index (χ2v) is 8.66. The number of methoxy groups -OCH3 is 1. The smallest absolute Gasteiger partial charge is 0.159 e. The molecule has 3 heteroatoms. The standard InChI is InChI=1S/C28H28F2O/c1-31-19-24-12-9-22(10-13-24)7-4-20-2-5-21(6-3-20)8-11-23-14-15-25-17-27(29)28(30)18-26(25)16-23/h2-3,5-6,14-18,22,24H,4,7,9-10,12-13,19H2,1H3. The quantitative estimate of drug-likeness (QED) is 0.409. The van der Waals surface area contributed by atoms with Crippen molar-refractivity contribution in [3.8, 4) is 11.8 Å². The molecule has 0 saturated heterocycles. The highest BCUT2D eigenvalue weighted by atomic mass is 19.2. The summed E-state index contributed by atoms with van der Waals surface area (Å²) in [4.78, 5) is 0. The lowest BCUT2D eigenvalue weighted by Gasteiger charge is -2.28. The third kappa shape index (κ3) is 5.71. The fraction of sp³-hybridized carbons (Fsp3) is 0.357. The maximum Gasteiger partial charge on any atom is 0.159 e. The van der Waals surface area contributed by atoms with Crippen molar-refractivity contribution in [2.75, 3.05) is 13.7 Å². The van der Waals surface area contributed by atoms with E-state index in [0.717, 1.165) is 36.0 Å². The maximum atomic E-state index is 13.5. The first kappa shape index (κ1) is 21.5. The average molecular weight is 419 g/mol. The van der Waals surface area contributed by atoms with Gasteiger partial charge in [-0.3, -0.25) is 0 Å². The third-order valence-corrected chi connectivity index (χ3v) is 6.39. The second kappa shape index (κ2) is 10.1. The molecule has 0 atom stereocenters. The molecule has 0 bridgehead atoms. The summed E-state index contributed by atoms with van der Waals surface area (Å²) in [6.45, 7) is 0.907. The summed E-state index contributed by atoms with van der Waals surface area (Å²) in [5.41, 5.74) is 3.09. The molecule has 1 saturated carbocycles. The first-order chi connectivity index (χ1) is 15.1. The topological polar surface area (TPSA) is 9.23 Å². The number of fused-ring (bicyclic) bond motifs is 1. The average Bonchev–Trinajstić information content (AvgIpc) is 2.79. The third-order valence-electron chi connectivity index (χ3n) is 6.39. The molecular weight excluding hydrogens is 390 g/mol. The molecule has 0 unspecified atom stereocenters. The normalized spacial score (nSPS) is 18.5. The van der Waals surface area contributed by atoms with Gasteiger partial charge in [-0.2, -0.15) is 0 Å². The summed E-state index contributed by atoms with van der Waals surface area (Å²) in [6, 6.07) is 16.3. The number of hydrogen-bond donors (Lipinski definition) is 0. The van der Waals surface area contributed by atoms with Crippen molar-refractivity contribution >= 4 is 10.8 Å². The van der Waals surface area contributed by atoms with Crippen LogP contribution in [0.25, 0.3) is 10.8 Å². The Morgan fingerprint density at radius 3 is 2.10 bits per heavy atom. The first-order valence-electron chi connectivity index (χ1n) is 11.1. The number of benzene rings is 3. The van der Waals surface area contributed by atoms with Crippen LogP contribution < -0.4 is 0 Å². The molecule has 31 heavy (non-hydrogen) atoms. The van der Waals surface area contributed by atoms with Gasteiger partial charge in [0.25, 0.3) is 0 Å². The van der Waals surface area contributed by atoms with Crippen molar-refractivity contribution in [3.05, 3.63) is 82.9 Å². The minimum Gasteiger partial charge on any atom is -0.384 e. The van der Waals surface area contributed by atoms with Crippen molar-refractivity contribution in [3.63, 3.8) is 0 Å². The summed E-state index contributed by atoms with van der Waals surface area (Å²) in [6.07, 6.45) is 7.59. The van der Waals surface area contributed by atoms with E-state index in [4.69, 9.17) is 4.74 Å². The Labute approximate surface area is 183 Å². The van der Waals surface area contributed by atoms with Gasteiger partial charge in [0.2, 0.25) is 0 Å². The first-order valence-corrected chi connectivity index (χ1v) is 11.1. The van der Waals surface area contributed by atoms with Crippen LogP contribution >= 0.6 is 0 Å². The monoisotopic (exact) mass is 418 g/mol. The van der Waals surface area contributed by atoms with Crippen LogP contribution in [0.4, 0.5) is 8.78 Å². The molecule has 1 aliphatic rings. The zero-order valence-corrected chi connectivity index (χ0v) is 18.0. The minimum atomic E-state index is -0.837. The van der Waals surface area contributed by atoms with Crippen LogP contribution in [0.1, 0.15) is 48.8 Å². The Morgan fingerprint density at radius 1 is 0.774 bits per heavy atom. The molecule has 0 spiro atoms. The summed E-state index contributed by atoms with van der Waals surface area (Å²) >= 11 is 0. The van der Waals surface area contributed by atoms with Gasteiger partial charge in [-0.1, -0.05) is 42.9 Å². The van der Waals surface area contributed by atoms with Crippen molar-refractivity contribution in [1.29, 1.82) is 0 Å². The van der Waals surface area contributed by atoms with Gasteiger partial charge >= 0.3 is 0 Å². The molecule has 4 rings (SSSR count). The van der Waals surface area contributed by atoms with Crippen LogP contribution in [-0.2, 0) is 11.2 Å². The molecule has 0 aliphatic heterocycles. The number of ether oxygens (including phenoxy) is 1. The van der Waals surface area contributed by atoms with Crippen LogP contribution in [0.15, 0.2) is 54.6 Å². The van der Waals surface area contributed by atoms with Gasteiger partial charge < -0.3 is 4.74 Å². The van der Waals surface area contributed by atoms with Crippen molar-refractivity contribution in [2.45, 2.75) is 38.5 Å². The largest absolute Gasteiger partial charge is 0.384 e. The molecule has 3 aromatic carbocycles. The van der Waals surface area contributed by atoms with Crippen molar-refractivity contribution < 1.29 is 13.5 Å². The fourth-order valence-corrected chi connectivity index (χ4v) is 4.51. The van der Waals surface area contributed by atoms with E-state index in [1.165, 1.54) is 49.8 Å². The molecule has 160 valence electrons. The Kier molecular flexibility index (Phi) is 6.99. The second-order valence-electron chi connectivity index (χ2n) is 8.66. The highest BCUT2D eigenvalue weighted by Gasteiger charge is 2.20. The van der Waals surface area contributed by atoms with E-state index < -0.39 is 11.6 Å². The SMILES string of the molecule is COCC1CCC(CCc2ccc(C#Cc3ccc4cc(F)c(F)cc4c3)cc2)CC1. The van der Waals surface area contributed by atoms with Gasteiger partial charge in [0.15, 0.2) is 11.6 Å². The van der Waals surface area contributed by atoms with Crippen LogP contribution in [0.3, 0.4) is 0 Å². The van der Waals surface area contributed by atoms with Crippen LogP contribution in [0.5, 0.6) is 0 Å². The summed E-state index contributed by atoms with van der Waals surface area (Å²) in [7, 11) is 1.80. The lowest BCUT2D eigenvalue weighted by molar-refractivity contribution is 0.117. The molecule has 0 aromatic heterocycles. The lowest BCUT2D eigenvalue weighted by Crippen LogP contribution is -2.18. The van der Waals surface area contributed by atoms with Gasteiger partial charge in [-0.25, -0.2) is 8.78 Å². The summed E-state index contributed by atoms with van der Waals surface area (Å²) < 4.78 is 32.1. The Balaban J connectivity index is 1.34.